The van der Waals surface area contributed by atoms with Crippen LogP contribution in [0.3, 0.4) is 0 Å². The Kier molecular flexibility index (Phi) is 5.16. The molecule has 0 unspecified atom stereocenters. The van der Waals surface area contributed by atoms with E-state index in [1.165, 1.54) is 0 Å². The molecule has 1 fully saturated rings. The second kappa shape index (κ2) is 7.33. The summed E-state index contributed by atoms with van der Waals surface area (Å²) >= 11 is 0. The van der Waals surface area contributed by atoms with Crippen molar-refractivity contribution < 1.29 is 13.9 Å². The zero-order chi connectivity index (χ0) is 16.5. The van der Waals surface area contributed by atoms with Crippen LogP contribution < -0.4 is 15.4 Å². The Bertz CT molecular complexity index is 900. The monoisotopic (exact) mass is 360 g/mol. The molecule has 2 N–H and O–H groups in total. The first-order valence-electron chi connectivity index (χ1n) is 8.27. The van der Waals surface area contributed by atoms with E-state index in [9.17, 15) is 4.79 Å². The highest BCUT2D eigenvalue weighted by Gasteiger charge is 2.22. The van der Waals surface area contributed by atoms with Crippen LogP contribution in [-0.2, 0) is 4.79 Å². The highest BCUT2D eigenvalue weighted by atomic mass is 35.5. The second-order valence-corrected chi connectivity index (χ2v) is 6.18. The maximum atomic E-state index is 12.5. The number of hydrogen-bond acceptors (Lipinski definition) is 4. The van der Waals surface area contributed by atoms with Crippen molar-refractivity contribution in [1.29, 1.82) is 0 Å². The first-order chi connectivity index (χ1) is 11.8. The van der Waals surface area contributed by atoms with Gasteiger partial charge in [-0.15, -0.1) is 12.4 Å². The number of fused-ring (bicyclic) bond motifs is 3. The molecule has 2 heterocycles. The number of carbonyl (C=O) groups excluding carboxylic acids is 1. The molecule has 1 amide bonds. The lowest BCUT2D eigenvalue weighted by Gasteiger charge is -2.22. The molecule has 1 aliphatic rings. The van der Waals surface area contributed by atoms with Gasteiger partial charge < -0.3 is 19.8 Å². The van der Waals surface area contributed by atoms with Crippen LogP contribution in [0.1, 0.15) is 12.8 Å². The Morgan fingerprint density at radius 3 is 2.84 bits per heavy atom. The van der Waals surface area contributed by atoms with E-state index in [0.29, 0.717) is 11.4 Å². The average molecular weight is 361 g/mol. The summed E-state index contributed by atoms with van der Waals surface area (Å²) in [5, 5.41) is 8.30. The standard InChI is InChI=1S/C19H20N2O3.ClH/c1-23-18-9-14-13-6-2-3-7-16(13)24-17(14)10-15(18)21-19(22)12-5-4-8-20-11-12;/h2-3,6-7,9-10,12,20H,4-5,8,11H2,1H3,(H,21,22);1H/t12-;/m1./s1. The van der Waals surface area contributed by atoms with Gasteiger partial charge in [-0.1, -0.05) is 18.2 Å². The summed E-state index contributed by atoms with van der Waals surface area (Å²) < 4.78 is 11.4. The SMILES string of the molecule is COc1cc2c(cc1NC(=O)[C@@H]1CCCNC1)oc1ccccc12.Cl. The van der Waals surface area contributed by atoms with Gasteiger partial charge in [-0.3, -0.25) is 4.79 Å². The van der Waals surface area contributed by atoms with Gasteiger partial charge in [0, 0.05) is 23.4 Å². The van der Waals surface area contributed by atoms with Crippen LogP contribution in [0.5, 0.6) is 5.75 Å². The summed E-state index contributed by atoms with van der Waals surface area (Å²) in [6.45, 7) is 1.71. The molecule has 0 aliphatic carbocycles. The number of para-hydroxylation sites is 1. The van der Waals surface area contributed by atoms with Crippen molar-refractivity contribution in [1.82, 2.24) is 5.32 Å². The fraction of sp³-hybridized carbons (Fsp3) is 0.316. The quantitative estimate of drug-likeness (QED) is 0.742. The second-order valence-electron chi connectivity index (χ2n) is 6.18. The topological polar surface area (TPSA) is 63.5 Å². The summed E-state index contributed by atoms with van der Waals surface area (Å²) in [6, 6.07) is 11.7. The van der Waals surface area contributed by atoms with Gasteiger partial charge in [0.15, 0.2) is 0 Å². The molecule has 5 nitrogen and oxygen atoms in total. The maximum Gasteiger partial charge on any atom is 0.228 e. The molecule has 1 saturated heterocycles. The number of benzene rings is 2. The minimum absolute atomic E-state index is 0. The minimum Gasteiger partial charge on any atom is -0.495 e. The molecule has 6 heteroatoms. The Balaban J connectivity index is 0.00000182. The van der Waals surface area contributed by atoms with Gasteiger partial charge in [0.25, 0.3) is 0 Å². The number of piperidine rings is 1. The van der Waals surface area contributed by atoms with Crippen LogP contribution >= 0.6 is 12.4 Å². The van der Waals surface area contributed by atoms with E-state index >= 15 is 0 Å². The third kappa shape index (κ3) is 3.30. The molecule has 25 heavy (non-hydrogen) atoms. The van der Waals surface area contributed by atoms with Crippen molar-refractivity contribution in [2.45, 2.75) is 12.8 Å². The number of nitrogens with one attached hydrogen (secondary N) is 2. The zero-order valence-electron chi connectivity index (χ0n) is 14.0. The van der Waals surface area contributed by atoms with E-state index < -0.39 is 0 Å². The van der Waals surface area contributed by atoms with E-state index in [-0.39, 0.29) is 24.2 Å². The Morgan fingerprint density at radius 2 is 2.08 bits per heavy atom. The molecule has 132 valence electrons. The van der Waals surface area contributed by atoms with Crippen molar-refractivity contribution in [2.75, 3.05) is 25.5 Å². The Hall–Kier alpha value is -2.24. The molecule has 1 aromatic heterocycles. The largest absolute Gasteiger partial charge is 0.495 e. The molecule has 2 aromatic carbocycles. The molecule has 0 saturated carbocycles. The van der Waals surface area contributed by atoms with Crippen molar-refractivity contribution in [3.8, 4) is 5.75 Å². The fourth-order valence-electron chi connectivity index (χ4n) is 3.33. The van der Waals surface area contributed by atoms with Crippen molar-refractivity contribution in [3.63, 3.8) is 0 Å². The molecule has 0 bridgehead atoms. The lowest BCUT2D eigenvalue weighted by Crippen LogP contribution is -2.37. The molecule has 4 rings (SSSR count). The summed E-state index contributed by atoms with van der Waals surface area (Å²) in [5.74, 6) is 0.664. The van der Waals surface area contributed by atoms with Crippen LogP contribution in [0.2, 0.25) is 0 Å². The molecular weight excluding hydrogens is 340 g/mol. The number of ether oxygens (including phenoxy) is 1. The van der Waals surface area contributed by atoms with Crippen LogP contribution in [0.4, 0.5) is 5.69 Å². The lowest BCUT2D eigenvalue weighted by atomic mass is 9.98. The number of halogens is 1. The zero-order valence-corrected chi connectivity index (χ0v) is 14.8. The summed E-state index contributed by atoms with van der Waals surface area (Å²) in [5.41, 5.74) is 2.23. The lowest BCUT2D eigenvalue weighted by molar-refractivity contribution is -0.120. The van der Waals surface area contributed by atoms with Crippen molar-refractivity contribution >= 4 is 45.9 Å². The Labute approximate surface area is 152 Å². The van der Waals surface area contributed by atoms with E-state index in [1.54, 1.807) is 7.11 Å². The first-order valence-corrected chi connectivity index (χ1v) is 8.27. The molecule has 0 spiro atoms. The highest BCUT2D eigenvalue weighted by molar-refractivity contribution is 6.07. The fourth-order valence-corrected chi connectivity index (χ4v) is 3.33. The highest BCUT2D eigenvalue weighted by Crippen LogP contribution is 2.36. The van der Waals surface area contributed by atoms with Gasteiger partial charge in [0.2, 0.25) is 5.91 Å². The van der Waals surface area contributed by atoms with Crippen molar-refractivity contribution in [2.24, 2.45) is 5.92 Å². The minimum atomic E-state index is -0.00479. The predicted molar refractivity (Wildman–Crippen MR) is 102 cm³/mol. The molecule has 3 aromatic rings. The molecule has 1 aliphatic heterocycles. The van der Waals surface area contributed by atoms with Crippen LogP contribution in [0.25, 0.3) is 21.9 Å². The number of amides is 1. The molecular formula is C19H21ClN2O3. The van der Waals surface area contributed by atoms with Gasteiger partial charge in [0.05, 0.1) is 18.7 Å². The maximum absolute atomic E-state index is 12.5. The normalized spacial score (nSPS) is 17.2. The van der Waals surface area contributed by atoms with Gasteiger partial charge in [-0.25, -0.2) is 0 Å². The number of methoxy groups -OCH3 is 1. The average Bonchev–Trinajstić information content (AvgIpc) is 2.99. The van der Waals surface area contributed by atoms with E-state index in [1.807, 2.05) is 36.4 Å². The summed E-state index contributed by atoms with van der Waals surface area (Å²) in [6.07, 6.45) is 1.94. The third-order valence-electron chi connectivity index (χ3n) is 4.62. The van der Waals surface area contributed by atoms with Gasteiger partial charge in [-0.05, 0) is 31.5 Å². The number of rotatable bonds is 3. The number of furan rings is 1. The first kappa shape index (κ1) is 17.6. The van der Waals surface area contributed by atoms with Crippen molar-refractivity contribution in [3.05, 3.63) is 36.4 Å². The Morgan fingerprint density at radius 1 is 1.24 bits per heavy atom. The van der Waals surface area contributed by atoms with Crippen LogP contribution in [0, 0.1) is 5.92 Å². The van der Waals surface area contributed by atoms with Gasteiger partial charge in [-0.2, -0.15) is 0 Å². The molecule has 0 radical (unpaired) electrons. The third-order valence-corrected chi connectivity index (χ3v) is 4.62. The summed E-state index contributed by atoms with van der Waals surface area (Å²) in [4.78, 5) is 12.5. The van der Waals surface area contributed by atoms with E-state index in [4.69, 9.17) is 9.15 Å². The predicted octanol–water partition coefficient (Wildman–Crippen LogP) is 3.95. The number of carbonyl (C=O) groups is 1. The number of hydrogen-bond donors (Lipinski definition) is 2. The van der Waals surface area contributed by atoms with Crippen LogP contribution in [0.15, 0.2) is 40.8 Å². The molecule has 1 atom stereocenters. The smallest absolute Gasteiger partial charge is 0.228 e. The van der Waals surface area contributed by atoms with Gasteiger partial charge in [0.1, 0.15) is 16.9 Å². The number of anilines is 1. The van der Waals surface area contributed by atoms with Gasteiger partial charge >= 0.3 is 0 Å². The van der Waals surface area contributed by atoms with E-state index in [2.05, 4.69) is 10.6 Å². The summed E-state index contributed by atoms with van der Waals surface area (Å²) in [7, 11) is 1.61. The van der Waals surface area contributed by atoms with Crippen LogP contribution in [-0.4, -0.2) is 26.1 Å². The van der Waals surface area contributed by atoms with E-state index in [0.717, 1.165) is 47.9 Å².